The van der Waals surface area contributed by atoms with E-state index in [0.717, 1.165) is 45.3 Å². The third kappa shape index (κ3) is 8.01. The first-order valence-corrected chi connectivity index (χ1v) is 15.3. The monoisotopic (exact) mass is 624 g/mol. The number of piperazine rings is 1. The van der Waals surface area contributed by atoms with Gasteiger partial charge in [-0.15, -0.1) is 10.2 Å². The van der Waals surface area contributed by atoms with E-state index in [-0.39, 0.29) is 16.3 Å². The third-order valence-electron chi connectivity index (χ3n) is 6.76. The molecule has 1 N–H and O–H groups in total. The minimum atomic E-state index is -2.78. The summed E-state index contributed by atoms with van der Waals surface area (Å²) >= 11 is 2.20. The number of halogens is 2. The van der Waals surface area contributed by atoms with Crippen LogP contribution in [0, 0.1) is 6.92 Å². The van der Waals surface area contributed by atoms with E-state index < -0.39 is 23.2 Å². The lowest BCUT2D eigenvalue weighted by atomic mass is 10.0. The molecule has 42 heavy (non-hydrogen) atoms. The Hall–Kier alpha value is -3.17. The Balaban J connectivity index is 0.00000237. The number of benzene rings is 1. The van der Waals surface area contributed by atoms with Gasteiger partial charge < -0.3 is 14.7 Å². The Morgan fingerprint density at radius 2 is 1.79 bits per heavy atom. The molecule has 15 heteroatoms. The van der Waals surface area contributed by atoms with Crippen LogP contribution < -0.4 is 9.62 Å². The zero-order chi connectivity index (χ0) is 31.2. The lowest BCUT2D eigenvalue weighted by Crippen LogP contribution is -2.52. The van der Waals surface area contributed by atoms with Crippen LogP contribution >= 0.6 is 23.3 Å². The predicted octanol–water partition coefficient (Wildman–Crippen LogP) is 3.54. The summed E-state index contributed by atoms with van der Waals surface area (Å²) in [6, 6.07) is 3.94. The molecule has 2 fully saturated rings. The van der Waals surface area contributed by atoms with E-state index in [0.29, 0.717) is 38.2 Å². The summed E-state index contributed by atoms with van der Waals surface area (Å²) in [5, 5.41) is 12.8. The average Bonchev–Trinajstić information content (AvgIpc) is 3.52. The SMILES string of the molecule is CC.Cc1c(/C(=N\N(C)C=O)c2nnc(C(F)F)s2)cc(SNC2(C)CC2)cc1N1CCN(C(=O)C(=O)N(C)C)CC1. The first kappa shape index (κ1) is 33.3. The van der Waals surface area contributed by atoms with Gasteiger partial charge >= 0.3 is 11.8 Å². The first-order valence-electron chi connectivity index (χ1n) is 13.7. The normalized spacial score (nSPS) is 16.1. The highest BCUT2D eigenvalue weighted by Crippen LogP contribution is 2.39. The van der Waals surface area contributed by atoms with E-state index >= 15 is 0 Å². The fourth-order valence-electron chi connectivity index (χ4n) is 4.07. The molecule has 230 valence electrons. The van der Waals surface area contributed by atoms with Crippen molar-refractivity contribution in [3.8, 4) is 0 Å². The van der Waals surface area contributed by atoms with Crippen LogP contribution in [0.2, 0.25) is 0 Å². The molecule has 1 aromatic heterocycles. The molecule has 1 saturated heterocycles. The van der Waals surface area contributed by atoms with Gasteiger partial charge in [-0.2, -0.15) is 5.10 Å². The lowest BCUT2D eigenvalue weighted by Gasteiger charge is -2.37. The smallest absolute Gasteiger partial charge is 0.312 e. The molecule has 0 spiro atoms. The van der Waals surface area contributed by atoms with Crippen LogP contribution in [0.1, 0.15) is 61.2 Å². The van der Waals surface area contributed by atoms with E-state index in [4.69, 9.17) is 0 Å². The minimum absolute atomic E-state index is 0.0426. The van der Waals surface area contributed by atoms with Gasteiger partial charge in [0.1, 0.15) is 5.71 Å². The van der Waals surface area contributed by atoms with Crippen LogP contribution in [0.3, 0.4) is 0 Å². The van der Waals surface area contributed by atoms with Gasteiger partial charge in [0, 0.05) is 69.0 Å². The van der Waals surface area contributed by atoms with Gasteiger partial charge in [0.05, 0.1) is 0 Å². The van der Waals surface area contributed by atoms with Crippen LogP contribution in [0.5, 0.6) is 0 Å². The molecular formula is C27H38F2N8O3S2. The molecule has 1 aliphatic carbocycles. The number of carbonyl (C=O) groups is 3. The largest absolute Gasteiger partial charge is 0.368 e. The summed E-state index contributed by atoms with van der Waals surface area (Å²) in [6.07, 6.45) is -0.141. The molecule has 0 unspecified atom stereocenters. The van der Waals surface area contributed by atoms with Gasteiger partial charge in [-0.3, -0.25) is 19.1 Å². The van der Waals surface area contributed by atoms with E-state index in [1.807, 2.05) is 32.9 Å². The summed E-state index contributed by atoms with van der Waals surface area (Å²) in [4.78, 5) is 42.0. The number of carbonyl (C=O) groups excluding carboxylic acids is 3. The second-order valence-electron chi connectivity index (χ2n) is 10.2. The van der Waals surface area contributed by atoms with Crippen LogP contribution in [0.4, 0.5) is 14.5 Å². The molecule has 1 aromatic carbocycles. The van der Waals surface area contributed by atoms with Crippen LogP contribution in [-0.2, 0) is 14.4 Å². The van der Waals surface area contributed by atoms with Crippen molar-refractivity contribution in [2.45, 2.75) is 57.4 Å². The van der Waals surface area contributed by atoms with Gasteiger partial charge in [0.25, 0.3) is 6.43 Å². The number of rotatable bonds is 9. The van der Waals surface area contributed by atoms with Crippen LogP contribution in [0.25, 0.3) is 0 Å². The molecule has 2 heterocycles. The average molecular weight is 625 g/mol. The number of likely N-dealkylation sites (N-methyl/N-ethyl adjacent to an activating group) is 1. The number of anilines is 1. The Morgan fingerprint density at radius 3 is 2.31 bits per heavy atom. The molecule has 1 aliphatic heterocycles. The minimum Gasteiger partial charge on any atom is -0.368 e. The highest BCUT2D eigenvalue weighted by atomic mass is 32.2. The van der Waals surface area contributed by atoms with Crippen molar-refractivity contribution in [3.05, 3.63) is 33.3 Å². The van der Waals surface area contributed by atoms with Gasteiger partial charge in [-0.1, -0.05) is 25.2 Å². The van der Waals surface area contributed by atoms with E-state index in [1.54, 1.807) is 19.0 Å². The van der Waals surface area contributed by atoms with E-state index in [9.17, 15) is 23.2 Å². The first-order chi connectivity index (χ1) is 19.9. The molecule has 0 atom stereocenters. The highest BCUT2D eigenvalue weighted by molar-refractivity contribution is 7.97. The molecular weight excluding hydrogens is 586 g/mol. The van der Waals surface area contributed by atoms with Crippen molar-refractivity contribution in [2.75, 3.05) is 52.2 Å². The zero-order valence-corrected chi connectivity index (χ0v) is 26.6. The summed E-state index contributed by atoms with van der Waals surface area (Å²) in [5.41, 5.74) is 2.59. The van der Waals surface area contributed by atoms with Crippen molar-refractivity contribution in [1.82, 2.24) is 29.7 Å². The standard InChI is InChI=1S/C25H32F2N8O3S2.C2H6/c1-15-17(19(30-33(5)14-36)21-28-29-22(39-21)20(26)27)12-16(40-31-25(2)6-7-25)13-18(15)34-8-10-35(11-9-34)24(38)23(37)32(3)4;1-2/h12-14,20,31H,6-11H2,1-5H3;1-2H3/b30-19+;. The number of aromatic nitrogens is 2. The van der Waals surface area contributed by atoms with Gasteiger partial charge in [0.2, 0.25) is 6.41 Å². The van der Waals surface area contributed by atoms with Crippen LogP contribution in [-0.4, -0.2) is 102 Å². The topological polar surface area (TPSA) is 114 Å². The summed E-state index contributed by atoms with van der Waals surface area (Å²) in [7, 11) is 4.55. The molecule has 11 nitrogen and oxygen atoms in total. The Labute approximate surface area is 253 Å². The fraction of sp³-hybridized carbons (Fsp3) is 0.556. The molecule has 2 aliphatic rings. The summed E-state index contributed by atoms with van der Waals surface area (Å²) < 4.78 is 30.2. The van der Waals surface area contributed by atoms with Gasteiger partial charge in [-0.05, 0) is 56.3 Å². The van der Waals surface area contributed by atoms with Gasteiger partial charge in [0.15, 0.2) is 10.0 Å². The number of nitrogens with zero attached hydrogens (tertiary/aromatic N) is 7. The Bertz CT molecular complexity index is 1310. The molecule has 0 radical (unpaired) electrons. The summed E-state index contributed by atoms with van der Waals surface area (Å²) in [5.74, 6) is -1.10. The fourth-order valence-corrected chi connectivity index (χ4v) is 5.68. The molecule has 0 bridgehead atoms. The van der Waals surface area contributed by atoms with E-state index in [1.165, 1.54) is 23.9 Å². The molecule has 3 amide bonds. The van der Waals surface area contributed by atoms with Crippen molar-refractivity contribution in [2.24, 2.45) is 5.10 Å². The predicted molar refractivity (Wildman–Crippen MR) is 161 cm³/mol. The van der Waals surface area contributed by atoms with Crippen molar-refractivity contribution in [1.29, 1.82) is 0 Å². The Kier molecular flexibility index (Phi) is 11.4. The third-order valence-corrected chi connectivity index (χ3v) is 8.76. The number of nitrogens with one attached hydrogen (secondary N) is 1. The molecule has 4 rings (SSSR count). The maximum absolute atomic E-state index is 13.4. The highest BCUT2D eigenvalue weighted by Gasteiger charge is 2.37. The molecule has 1 saturated carbocycles. The van der Waals surface area contributed by atoms with Gasteiger partial charge in [-0.25, -0.2) is 13.8 Å². The summed E-state index contributed by atoms with van der Waals surface area (Å²) in [6.45, 7) is 9.74. The number of hydrazone groups is 1. The number of alkyl halides is 2. The van der Waals surface area contributed by atoms with E-state index in [2.05, 4.69) is 31.8 Å². The van der Waals surface area contributed by atoms with Crippen molar-refractivity contribution < 1.29 is 23.2 Å². The van der Waals surface area contributed by atoms with Crippen molar-refractivity contribution in [3.63, 3.8) is 0 Å². The van der Waals surface area contributed by atoms with Crippen LogP contribution in [0.15, 0.2) is 22.1 Å². The zero-order valence-electron chi connectivity index (χ0n) is 25.0. The quantitative estimate of drug-likeness (QED) is 0.148. The maximum Gasteiger partial charge on any atom is 0.312 e. The number of hydrogen-bond acceptors (Lipinski definition) is 10. The second kappa shape index (κ2) is 14.3. The Morgan fingerprint density at radius 1 is 1.14 bits per heavy atom. The van der Waals surface area contributed by atoms with Crippen molar-refractivity contribution >= 4 is 52.9 Å². The maximum atomic E-state index is 13.4. The number of amides is 3. The second-order valence-corrected chi connectivity index (χ2v) is 12.1. The number of hydrogen-bond donors (Lipinski definition) is 1. The molecule has 2 aromatic rings. The lowest BCUT2D eigenvalue weighted by molar-refractivity contribution is -0.150.